The Balaban J connectivity index is 1.99. The lowest BCUT2D eigenvalue weighted by Gasteiger charge is -2.25. The third-order valence-corrected chi connectivity index (χ3v) is 4.34. The first-order valence-corrected chi connectivity index (χ1v) is 9.03. The van der Waals surface area contributed by atoms with Crippen molar-refractivity contribution in [3.63, 3.8) is 0 Å². The average molecular weight is 391 g/mol. The van der Waals surface area contributed by atoms with Gasteiger partial charge in [-0.2, -0.15) is 5.11 Å². The summed E-state index contributed by atoms with van der Waals surface area (Å²) in [4.78, 5) is 10.2. The van der Waals surface area contributed by atoms with E-state index < -0.39 is 4.92 Å². The smallest absolute Gasteiger partial charge is 0.271 e. The molecule has 8 heteroatoms. The molecular formula is C19H25ClN5O2+. The van der Waals surface area contributed by atoms with Crippen LogP contribution in [0.4, 0.5) is 17.1 Å². The van der Waals surface area contributed by atoms with Crippen LogP contribution in [0.5, 0.6) is 0 Å². The van der Waals surface area contributed by atoms with E-state index in [1.807, 2.05) is 24.3 Å². The molecule has 1 N–H and O–H groups in total. The molecule has 0 aliphatic heterocycles. The van der Waals surface area contributed by atoms with E-state index in [0.717, 1.165) is 17.6 Å². The summed E-state index contributed by atoms with van der Waals surface area (Å²) in [5, 5.41) is 22.7. The van der Waals surface area contributed by atoms with Gasteiger partial charge in [0.05, 0.1) is 43.3 Å². The maximum Gasteiger partial charge on any atom is 0.271 e. The quantitative estimate of drug-likeness (QED) is 0.297. The lowest BCUT2D eigenvalue weighted by Crippen LogP contribution is -2.40. The minimum Gasteiger partial charge on any atom is -0.330 e. The van der Waals surface area contributed by atoms with Crippen LogP contribution in [0.15, 0.2) is 52.7 Å². The van der Waals surface area contributed by atoms with Gasteiger partial charge in [0.25, 0.3) is 5.69 Å². The molecule has 2 rings (SSSR count). The number of azo groups is 1. The second-order valence-electron chi connectivity index (χ2n) is 7.37. The summed E-state index contributed by atoms with van der Waals surface area (Å²) < 4.78 is 0.921. The van der Waals surface area contributed by atoms with Gasteiger partial charge >= 0.3 is 0 Å². The standard InChI is InChI=1S/C19H25ClN5O2/c1-14(21-11-12-25(2,3)4)15-5-7-16(8-6-15)22-23-19-10-9-17(24(26)27)13-18(19)20/h5-10,13-14,21H,11-12H2,1-4H3/q+1. The molecule has 0 aliphatic carbocycles. The molecule has 7 nitrogen and oxygen atoms in total. The van der Waals surface area contributed by atoms with Crippen LogP contribution in [0, 0.1) is 10.1 Å². The summed E-state index contributed by atoms with van der Waals surface area (Å²) >= 11 is 6.02. The summed E-state index contributed by atoms with van der Waals surface area (Å²) in [5.74, 6) is 0. The fraction of sp³-hybridized carbons (Fsp3) is 0.368. The van der Waals surface area contributed by atoms with Gasteiger partial charge in [-0.15, -0.1) is 5.11 Å². The van der Waals surface area contributed by atoms with Gasteiger partial charge in [0.15, 0.2) is 0 Å². The SMILES string of the molecule is CC(NCC[N+](C)(C)C)c1ccc(N=Nc2ccc([N+](=O)[O-])cc2Cl)cc1. The number of nitro groups is 1. The molecule has 2 aromatic carbocycles. The monoisotopic (exact) mass is 390 g/mol. The Labute approximate surface area is 164 Å². The maximum atomic E-state index is 10.7. The van der Waals surface area contributed by atoms with E-state index in [1.54, 1.807) is 0 Å². The fourth-order valence-corrected chi connectivity index (χ4v) is 2.58. The molecule has 0 saturated carbocycles. The summed E-state index contributed by atoms with van der Waals surface area (Å²) in [6, 6.07) is 12.1. The van der Waals surface area contributed by atoms with Crippen molar-refractivity contribution in [2.75, 3.05) is 34.2 Å². The number of non-ortho nitro benzene ring substituents is 1. The number of quaternary nitrogens is 1. The number of hydrogen-bond donors (Lipinski definition) is 1. The van der Waals surface area contributed by atoms with E-state index in [1.165, 1.54) is 23.8 Å². The zero-order chi connectivity index (χ0) is 20.0. The molecular weight excluding hydrogens is 366 g/mol. The van der Waals surface area contributed by atoms with Crippen molar-refractivity contribution in [1.29, 1.82) is 0 Å². The van der Waals surface area contributed by atoms with Gasteiger partial charge in [0.2, 0.25) is 0 Å². The first-order valence-electron chi connectivity index (χ1n) is 8.65. The molecule has 0 aliphatic rings. The van der Waals surface area contributed by atoms with E-state index in [4.69, 9.17) is 11.6 Å². The number of nitrogens with one attached hydrogen (secondary N) is 1. The Morgan fingerprint density at radius 1 is 1.15 bits per heavy atom. The number of nitro benzene ring substituents is 1. The van der Waals surface area contributed by atoms with Gasteiger partial charge < -0.3 is 9.80 Å². The molecule has 0 saturated heterocycles. The highest BCUT2D eigenvalue weighted by Crippen LogP contribution is 2.30. The molecule has 27 heavy (non-hydrogen) atoms. The second kappa shape index (κ2) is 9.03. The van der Waals surface area contributed by atoms with Gasteiger partial charge in [-0.25, -0.2) is 0 Å². The highest BCUT2D eigenvalue weighted by Gasteiger charge is 2.10. The Kier molecular flexibility index (Phi) is 7.01. The highest BCUT2D eigenvalue weighted by molar-refractivity contribution is 6.33. The number of halogens is 1. The van der Waals surface area contributed by atoms with Crippen molar-refractivity contribution in [1.82, 2.24) is 5.32 Å². The molecule has 0 bridgehead atoms. The van der Waals surface area contributed by atoms with Crippen LogP contribution < -0.4 is 5.32 Å². The summed E-state index contributed by atoms with van der Waals surface area (Å²) in [6.45, 7) is 4.11. The van der Waals surface area contributed by atoms with Crippen LogP contribution in [0.1, 0.15) is 18.5 Å². The zero-order valence-corrected chi connectivity index (χ0v) is 16.8. The van der Waals surface area contributed by atoms with Crippen molar-refractivity contribution in [3.8, 4) is 0 Å². The molecule has 144 valence electrons. The largest absolute Gasteiger partial charge is 0.330 e. The zero-order valence-electron chi connectivity index (χ0n) is 16.0. The molecule has 0 spiro atoms. The topological polar surface area (TPSA) is 79.9 Å². The van der Waals surface area contributed by atoms with Crippen LogP contribution in [-0.2, 0) is 0 Å². The van der Waals surface area contributed by atoms with E-state index in [9.17, 15) is 10.1 Å². The average Bonchev–Trinajstić information content (AvgIpc) is 2.59. The first kappa shape index (κ1) is 21.0. The number of rotatable bonds is 8. The van der Waals surface area contributed by atoms with Gasteiger partial charge in [-0.1, -0.05) is 23.7 Å². The highest BCUT2D eigenvalue weighted by atomic mass is 35.5. The van der Waals surface area contributed by atoms with E-state index in [-0.39, 0.29) is 16.8 Å². The molecule has 2 aromatic rings. The van der Waals surface area contributed by atoms with E-state index >= 15 is 0 Å². The lowest BCUT2D eigenvalue weighted by atomic mass is 10.1. The van der Waals surface area contributed by atoms with Crippen molar-refractivity contribution in [3.05, 3.63) is 63.2 Å². The number of hydrogen-bond acceptors (Lipinski definition) is 5. The third kappa shape index (κ3) is 6.71. The molecule has 0 amide bonds. The van der Waals surface area contributed by atoms with Crippen molar-refractivity contribution >= 4 is 28.7 Å². The van der Waals surface area contributed by atoms with Crippen LogP contribution in [0.25, 0.3) is 0 Å². The van der Waals surface area contributed by atoms with Crippen LogP contribution >= 0.6 is 11.6 Å². The van der Waals surface area contributed by atoms with Crippen molar-refractivity contribution < 1.29 is 9.41 Å². The minimum absolute atomic E-state index is 0.0740. The van der Waals surface area contributed by atoms with Crippen molar-refractivity contribution in [2.24, 2.45) is 10.2 Å². The minimum atomic E-state index is -0.499. The normalized spacial score (nSPS) is 13.1. The predicted octanol–water partition coefficient (Wildman–Crippen LogP) is 5.02. The van der Waals surface area contributed by atoms with E-state index in [0.29, 0.717) is 11.4 Å². The maximum absolute atomic E-state index is 10.7. The van der Waals surface area contributed by atoms with E-state index in [2.05, 4.69) is 43.6 Å². The Morgan fingerprint density at radius 3 is 2.37 bits per heavy atom. The number of likely N-dealkylation sites (N-methyl/N-ethyl adjacent to an activating group) is 1. The van der Waals surface area contributed by atoms with Gasteiger partial charge in [-0.05, 0) is 30.7 Å². The Morgan fingerprint density at radius 2 is 1.81 bits per heavy atom. The number of benzene rings is 2. The molecule has 0 radical (unpaired) electrons. The van der Waals surface area contributed by atoms with Crippen LogP contribution in [0.2, 0.25) is 5.02 Å². The second-order valence-corrected chi connectivity index (χ2v) is 7.78. The number of nitrogens with zero attached hydrogens (tertiary/aromatic N) is 4. The first-order chi connectivity index (χ1) is 12.7. The third-order valence-electron chi connectivity index (χ3n) is 4.04. The molecule has 0 aromatic heterocycles. The molecule has 1 unspecified atom stereocenters. The van der Waals surface area contributed by atoms with Gasteiger partial charge in [0, 0.05) is 24.7 Å². The predicted molar refractivity (Wildman–Crippen MR) is 108 cm³/mol. The summed E-state index contributed by atoms with van der Waals surface area (Å²) in [5.41, 5.74) is 2.17. The van der Waals surface area contributed by atoms with Crippen LogP contribution in [-0.4, -0.2) is 43.6 Å². The van der Waals surface area contributed by atoms with Gasteiger partial charge in [0.1, 0.15) is 5.69 Å². The lowest BCUT2D eigenvalue weighted by molar-refractivity contribution is -0.869. The summed E-state index contributed by atoms with van der Waals surface area (Å²) in [7, 11) is 6.51. The summed E-state index contributed by atoms with van der Waals surface area (Å²) in [6.07, 6.45) is 0. The molecule has 1 atom stereocenters. The van der Waals surface area contributed by atoms with Crippen LogP contribution in [0.3, 0.4) is 0 Å². The van der Waals surface area contributed by atoms with Gasteiger partial charge in [-0.3, -0.25) is 10.1 Å². The Hall–Kier alpha value is -2.35. The molecule has 0 fully saturated rings. The Bertz CT molecular complexity index is 816. The van der Waals surface area contributed by atoms with Crippen molar-refractivity contribution in [2.45, 2.75) is 13.0 Å². The fourth-order valence-electron chi connectivity index (χ4n) is 2.37. The molecule has 0 heterocycles.